The van der Waals surface area contributed by atoms with E-state index >= 15 is 0 Å². The monoisotopic (exact) mass is 279 g/mol. The van der Waals surface area contributed by atoms with Gasteiger partial charge >= 0.3 is 5.97 Å². The van der Waals surface area contributed by atoms with E-state index in [0.29, 0.717) is 24.1 Å². The van der Waals surface area contributed by atoms with E-state index in [0.717, 1.165) is 0 Å². The first-order chi connectivity index (χ1) is 9.47. The lowest BCUT2D eigenvalue weighted by atomic mass is 9.79. The van der Waals surface area contributed by atoms with Crippen molar-refractivity contribution in [1.29, 1.82) is 0 Å². The summed E-state index contributed by atoms with van der Waals surface area (Å²) < 4.78 is 0. The van der Waals surface area contributed by atoms with Crippen LogP contribution in [0.2, 0.25) is 0 Å². The van der Waals surface area contributed by atoms with Crippen LogP contribution in [0.25, 0.3) is 0 Å². The summed E-state index contributed by atoms with van der Waals surface area (Å²) in [5.74, 6) is -1.27. The highest BCUT2D eigenvalue weighted by molar-refractivity contribution is 5.94. The molecule has 0 aromatic heterocycles. The lowest BCUT2D eigenvalue weighted by Crippen LogP contribution is -2.34. The molecule has 0 fully saturated rings. The number of amides is 1. The fourth-order valence-corrected chi connectivity index (χ4v) is 2.14. The van der Waals surface area contributed by atoms with Crippen molar-refractivity contribution in [3.8, 4) is 0 Å². The normalized spacial score (nSPS) is 11.2. The molecule has 0 radical (unpaired) electrons. The van der Waals surface area contributed by atoms with Crippen LogP contribution in [0.15, 0.2) is 24.3 Å². The molecule has 0 aliphatic rings. The summed E-state index contributed by atoms with van der Waals surface area (Å²) in [4.78, 5) is 23.4. The molecule has 110 valence electrons. The number of anilines is 1. The topological polar surface area (TPSA) is 86.6 Å². The van der Waals surface area contributed by atoms with Gasteiger partial charge in [0.25, 0.3) is 0 Å². The Hall–Kier alpha value is -1.88. The highest BCUT2D eigenvalue weighted by Gasteiger charge is 2.37. The van der Waals surface area contributed by atoms with Crippen LogP contribution in [0, 0.1) is 5.41 Å². The van der Waals surface area contributed by atoms with Crippen molar-refractivity contribution in [3.05, 3.63) is 29.8 Å². The molecule has 0 aliphatic carbocycles. The first-order valence-electron chi connectivity index (χ1n) is 6.70. The van der Waals surface area contributed by atoms with E-state index in [1.54, 1.807) is 38.1 Å². The molecule has 0 heterocycles. The van der Waals surface area contributed by atoms with E-state index in [2.05, 4.69) is 5.32 Å². The molecule has 5 heteroatoms. The van der Waals surface area contributed by atoms with Gasteiger partial charge in [-0.3, -0.25) is 9.59 Å². The van der Waals surface area contributed by atoms with Crippen LogP contribution in [0.5, 0.6) is 0 Å². The van der Waals surface area contributed by atoms with E-state index in [9.17, 15) is 14.7 Å². The lowest BCUT2D eigenvalue weighted by Gasteiger charge is -2.25. The van der Waals surface area contributed by atoms with Gasteiger partial charge in [-0.25, -0.2) is 0 Å². The summed E-state index contributed by atoms with van der Waals surface area (Å²) in [7, 11) is 0. The number of aliphatic hydroxyl groups is 1. The summed E-state index contributed by atoms with van der Waals surface area (Å²) in [5, 5.41) is 21.0. The Kier molecular flexibility index (Phi) is 5.70. The Balaban J connectivity index is 2.78. The molecule has 1 aromatic rings. The summed E-state index contributed by atoms with van der Waals surface area (Å²) in [6.07, 6.45) is 0.755. The van der Waals surface area contributed by atoms with Crippen molar-refractivity contribution in [3.63, 3.8) is 0 Å². The molecule has 0 atom stereocenters. The molecular weight excluding hydrogens is 258 g/mol. The minimum atomic E-state index is -1.02. The Morgan fingerprint density at radius 1 is 1.25 bits per heavy atom. The van der Waals surface area contributed by atoms with Crippen molar-refractivity contribution >= 4 is 17.6 Å². The SMILES string of the molecule is CCC(CC)(CC(=O)Nc1cccc(CO)c1)C(=O)O. The second-order valence-corrected chi connectivity index (χ2v) is 4.88. The molecule has 1 amide bonds. The van der Waals surface area contributed by atoms with Gasteiger partial charge in [0.05, 0.1) is 12.0 Å². The second kappa shape index (κ2) is 7.05. The number of hydrogen-bond donors (Lipinski definition) is 3. The van der Waals surface area contributed by atoms with Crippen molar-refractivity contribution in [1.82, 2.24) is 0 Å². The fourth-order valence-electron chi connectivity index (χ4n) is 2.14. The Morgan fingerprint density at radius 2 is 1.90 bits per heavy atom. The molecule has 0 saturated heterocycles. The number of aliphatic hydroxyl groups excluding tert-OH is 1. The predicted octanol–water partition coefficient (Wildman–Crippen LogP) is 2.40. The van der Waals surface area contributed by atoms with Gasteiger partial charge in [-0.05, 0) is 30.5 Å². The summed E-state index contributed by atoms with van der Waals surface area (Å²) >= 11 is 0. The average Bonchev–Trinajstić information content (AvgIpc) is 2.44. The second-order valence-electron chi connectivity index (χ2n) is 4.88. The van der Waals surface area contributed by atoms with Gasteiger partial charge in [0.15, 0.2) is 0 Å². The molecule has 0 saturated carbocycles. The van der Waals surface area contributed by atoms with E-state index < -0.39 is 11.4 Å². The van der Waals surface area contributed by atoms with Crippen LogP contribution in [0.3, 0.4) is 0 Å². The maximum Gasteiger partial charge on any atom is 0.310 e. The highest BCUT2D eigenvalue weighted by atomic mass is 16.4. The minimum Gasteiger partial charge on any atom is -0.481 e. The smallest absolute Gasteiger partial charge is 0.310 e. The molecule has 20 heavy (non-hydrogen) atoms. The number of rotatable bonds is 7. The maximum atomic E-state index is 12.0. The number of hydrogen-bond acceptors (Lipinski definition) is 3. The third-order valence-electron chi connectivity index (χ3n) is 3.70. The van der Waals surface area contributed by atoms with Crippen LogP contribution in [0.1, 0.15) is 38.7 Å². The molecule has 0 unspecified atom stereocenters. The summed E-state index contributed by atoms with van der Waals surface area (Å²) in [6, 6.07) is 6.84. The number of carbonyl (C=O) groups excluding carboxylic acids is 1. The van der Waals surface area contributed by atoms with Gasteiger partial charge in [-0.2, -0.15) is 0 Å². The standard InChI is InChI=1S/C15H21NO4/c1-3-15(4-2,14(19)20)9-13(18)16-12-7-5-6-11(8-12)10-17/h5-8,17H,3-4,9-10H2,1-2H3,(H,16,18)(H,19,20). The molecule has 0 bridgehead atoms. The Bertz CT molecular complexity index is 481. The van der Waals surface area contributed by atoms with Gasteiger partial charge in [0, 0.05) is 12.1 Å². The summed E-state index contributed by atoms with van der Waals surface area (Å²) in [5.41, 5.74) is 0.241. The molecular formula is C15H21NO4. The zero-order valence-corrected chi connectivity index (χ0v) is 11.8. The van der Waals surface area contributed by atoms with Gasteiger partial charge < -0.3 is 15.5 Å². The number of aliphatic carboxylic acids is 1. The molecule has 0 aliphatic heterocycles. The van der Waals surface area contributed by atoms with Crippen molar-refractivity contribution in [2.45, 2.75) is 39.7 Å². The van der Waals surface area contributed by atoms with Crippen LogP contribution in [0.4, 0.5) is 5.69 Å². The molecule has 5 nitrogen and oxygen atoms in total. The third kappa shape index (κ3) is 3.81. The number of carboxylic acids is 1. The summed E-state index contributed by atoms with van der Waals surface area (Å²) in [6.45, 7) is 3.45. The average molecular weight is 279 g/mol. The zero-order chi connectivity index (χ0) is 15.2. The van der Waals surface area contributed by atoms with E-state index in [4.69, 9.17) is 5.11 Å². The largest absolute Gasteiger partial charge is 0.481 e. The molecule has 1 rings (SSSR count). The maximum absolute atomic E-state index is 12.0. The Labute approximate surface area is 118 Å². The Morgan fingerprint density at radius 3 is 2.40 bits per heavy atom. The quantitative estimate of drug-likeness (QED) is 0.715. The van der Waals surface area contributed by atoms with E-state index in [1.807, 2.05) is 0 Å². The number of benzene rings is 1. The van der Waals surface area contributed by atoms with Gasteiger partial charge in [-0.15, -0.1) is 0 Å². The van der Waals surface area contributed by atoms with Crippen molar-refractivity contribution in [2.24, 2.45) is 5.41 Å². The lowest BCUT2D eigenvalue weighted by molar-refractivity contribution is -0.151. The zero-order valence-electron chi connectivity index (χ0n) is 11.8. The van der Waals surface area contributed by atoms with Gasteiger partial charge in [0.1, 0.15) is 0 Å². The van der Waals surface area contributed by atoms with Crippen LogP contribution in [-0.2, 0) is 16.2 Å². The van der Waals surface area contributed by atoms with Crippen LogP contribution in [-0.4, -0.2) is 22.1 Å². The minimum absolute atomic E-state index is 0.0569. The van der Waals surface area contributed by atoms with Crippen molar-refractivity contribution in [2.75, 3.05) is 5.32 Å². The van der Waals surface area contributed by atoms with Gasteiger partial charge in [0.2, 0.25) is 5.91 Å². The first-order valence-corrected chi connectivity index (χ1v) is 6.70. The first kappa shape index (κ1) is 16.2. The fraction of sp³-hybridized carbons (Fsp3) is 0.467. The molecule has 0 spiro atoms. The van der Waals surface area contributed by atoms with Gasteiger partial charge in [-0.1, -0.05) is 26.0 Å². The molecule has 1 aromatic carbocycles. The molecule has 3 N–H and O–H groups in total. The van der Waals surface area contributed by atoms with E-state index in [-0.39, 0.29) is 18.9 Å². The number of carbonyl (C=O) groups is 2. The number of nitrogens with one attached hydrogen (secondary N) is 1. The highest BCUT2D eigenvalue weighted by Crippen LogP contribution is 2.31. The van der Waals surface area contributed by atoms with Crippen LogP contribution >= 0.6 is 0 Å². The number of carboxylic acid groups (broad SMARTS) is 1. The van der Waals surface area contributed by atoms with Crippen molar-refractivity contribution < 1.29 is 19.8 Å². The predicted molar refractivity (Wildman–Crippen MR) is 76.3 cm³/mol. The van der Waals surface area contributed by atoms with Crippen LogP contribution < -0.4 is 5.32 Å². The van der Waals surface area contributed by atoms with E-state index in [1.165, 1.54) is 0 Å². The third-order valence-corrected chi connectivity index (χ3v) is 3.70.